The number of nitrogens with zero attached hydrogens (tertiary/aromatic N) is 2. The standard InChI is InChI=1S/C14H21N3O4/c1-3-16(4-2)9-5-8-15-11-6-7-12(14(18)19)13(10-11)17(20)21/h6-7,10,15H,3-5,8-9H2,1-2H3,(H,18,19). The number of rotatable bonds is 9. The second-order valence-electron chi connectivity index (χ2n) is 4.60. The fraction of sp³-hybridized carbons (Fsp3) is 0.500. The topological polar surface area (TPSA) is 95.7 Å². The van der Waals surface area contributed by atoms with Crippen LogP contribution in [0, 0.1) is 10.1 Å². The van der Waals surface area contributed by atoms with E-state index in [1.807, 2.05) is 0 Å². The second kappa shape index (κ2) is 8.21. The molecule has 0 heterocycles. The maximum Gasteiger partial charge on any atom is 0.342 e. The van der Waals surface area contributed by atoms with Gasteiger partial charge in [-0.2, -0.15) is 0 Å². The van der Waals surface area contributed by atoms with Crippen molar-refractivity contribution in [2.24, 2.45) is 0 Å². The van der Waals surface area contributed by atoms with E-state index in [2.05, 4.69) is 24.1 Å². The molecule has 0 spiro atoms. The predicted molar refractivity (Wildman–Crippen MR) is 81.0 cm³/mol. The largest absolute Gasteiger partial charge is 0.477 e. The molecule has 0 atom stereocenters. The highest BCUT2D eigenvalue weighted by molar-refractivity contribution is 5.93. The Morgan fingerprint density at radius 3 is 2.57 bits per heavy atom. The molecule has 7 heteroatoms. The minimum absolute atomic E-state index is 0.298. The van der Waals surface area contributed by atoms with Crippen LogP contribution in [0.5, 0.6) is 0 Å². The van der Waals surface area contributed by atoms with E-state index in [1.54, 1.807) is 6.07 Å². The SMILES string of the molecule is CCN(CC)CCCNc1ccc(C(=O)O)c([N+](=O)[O-])c1. The second-order valence-corrected chi connectivity index (χ2v) is 4.60. The molecule has 0 fully saturated rings. The zero-order valence-electron chi connectivity index (χ0n) is 12.3. The van der Waals surface area contributed by atoms with Gasteiger partial charge in [-0.3, -0.25) is 10.1 Å². The summed E-state index contributed by atoms with van der Waals surface area (Å²) in [5, 5.41) is 22.9. The van der Waals surface area contributed by atoms with Gasteiger partial charge < -0.3 is 15.3 Å². The molecular weight excluding hydrogens is 274 g/mol. The van der Waals surface area contributed by atoms with Crippen molar-refractivity contribution < 1.29 is 14.8 Å². The molecule has 21 heavy (non-hydrogen) atoms. The normalized spacial score (nSPS) is 10.6. The summed E-state index contributed by atoms with van der Waals surface area (Å²) in [7, 11) is 0. The molecule has 0 saturated heterocycles. The highest BCUT2D eigenvalue weighted by atomic mass is 16.6. The number of anilines is 1. The van der Waals surface area contributed by atoms with Gasteiger partial charge in [0.1, 0.15) is 5.56 Å². The lowest BCUT2D eigenvalue weighted by molar-refractivity contribution is -0.385. The van der Waals surface area contributed by atoms with Gasteiger partial charge in [0, 0.05) is 18.3 Å². The number of aromatic carboxylic acids is 1. The molecule has 0 aliphatic rings. The maximum atomic E-state index is 10.9. The number of nitrogens with one attached hydrogen (secondary N) is 1. The van der Waals surface area contributed by atoms with Crippen LogP contribution in [-0.2, 0) is 0 Å². The van der Waals surface area contributed by atoms with Crippen LogP contribution in [0.15, 0.2) is 18.2 Å². The summed E-state index contributed by atoms with van der Waals surface area (Å²) in [4.78, 5) is 23.4. The average Bonchev–Trinajstić information content (AvgIpc) is 2.47. The lowest BCUT2D eigenvalue weighted by Gasteiger charge is -2.17. The molecule has 0 amide bonds. The number of nitro groups is 1. The lowest BCUT2D eigenvalue weighted by atomic mass is 10.1. The van der Waals surface area contributed by atoms with E-state index in [9.17, 15) is 14.9 Å². The molecule has 0 aromatic heterocycles. The predicted octanol–water partition coefficient (Wildman–Crippen LogP) is 2.44. The minimum atomic E-state index is -1.30. The Bertz CT molecular complexity index is 501. The average molecular weight is 295 g/mol. The smallest absolute Gasteiger partial charge is 0.342 e. The van der Waals surface area contributed by atoms with Crippen LogP contribution in [-0.4, -0.2) is 47.1 Å². The summed E-state index contributed by atoms with van der Waals surface area (Å²) in [6, 6.07) is 4.07. The molecule has 0 radical (unpaired) electrons. The Labute approximate surface area is 123 Å². The number of hydrogen-bond donors (Lipinski definition) is 2. The monoisotopic (exact) mass is 295 g/mol. The van der Waals surface area contributed by atoms with Gasteiger partial charge in [-0.25, -0.2) is 4.79 Å². The summed E-state index contributed by atoms with van der Waals surface area (Å²) < 4.78 is 0. The zero-order chi connectivity index (χ0) is 15.8. The van der Waals surface area contributed by atoms with E-state index < -0.39 is 16.6 Å². The van der Waals surface area contributed by atoms with Crippen molar-refractivity contribution in [3.05, 3.63) is 33.9 Å². The van der Waals surface area contributed by atoms with E-state index in [-0.39, 0.29) is 5.56 Å². The van der Waals surface area contributed by atoms with Gasteiger partial charge in [0.05, 0.1) is 4.92 Å². The fourth-order valence-corrected chi connectivity index (χ4v) is 2.05. The van der Waals surface area contributed by atoms with E-state index in [4.69, 9.17) is 5.11 Å². The molecule has 1 rings (SSSR count). The van der Waals surface area contributed by atoms with Crippen molar-refractivity contribution in [1.82, 2.24) is 4.90 Å². The fourth-order valence-electron chi connectivity index (χ4n) is 2.05. The molecule has 1 aromatic carbocycles. The Kier molecular flexibility index (Phi) is 6.61. The van der Waals surface area contributed by atoms with Crippen LogP contribution >= 0.6 is 0 Å². The molecular formula is C14H21N3O4. The maximum absolute atomic E-state index is 10.9. The Hall–Kier alpha value is -2.15. The first-order valence-electron chi connectivity index (χ1n) is 6.97. The summed E-state index contributed by atoms with van der Waals surface area (Å²) in [5.41, 5.74) is -0.129. The molecule has 7 nitrogen and oxygen atoms in total. The van der Waals surface area contributed by atoms with Crippen LogP contribution < -0.4 is 5.32 Å². The summed E-state index contributed by atoms with van der Waals surface area (Å²) in [6.45, 7) is 7.83. The third-order valence-electron chi connectivity index (χ3n) is 3.30. The summed E-state index contributed by atoms with van der Waals surface area (Å²) in [6.07, 6.45) is 0.913. The van der Waals surface area contributed by atoms with Gasteiger partial charge in [-0.1, -0.05) is 13.8 Å². The first-order chi connectivity index (χ1) is 9.99. The van der Waals surface area contributed by atoms with Crippen molar-refractivity contribution in [3.63, 3.8) is 0 Å². The Morgan fingerprint density at radius 2 is 2.05 bits per heavy atom. The number of benzene rings is 1. The number of carboxylic acids is 1. The van der Waals surface area contributed by atoms with Gasteiger partial charge in [0.15, 0.2) is 0 Å². The van der Waals surface area contributed by atoms with Crippen molar-refractivity contribution in [3.8, 4) is 0 Å². The van der Waals surface area contributed by atoms with E-state index in [0.717, 1.165) is 26.1 Å². The Morgan fingerprint density at radius 1 is 1.38 bits per heavy atom. The van der Waals surface area contributed by atoms with Crippen LogP contribution in [0.25, 0.3) is 0 Å². The quantitative estimate of drug-likeness (QED) is 0.412. The first-order valence-corrected chi connectivity index (χ1v) is 6.97. The van der Waals surface area contributed by atoms with Crippen molar-refractivity contribution >= 4 is 17.3 Å². The van der Waals surface area contributed by atoms with Crippen LogP contribution in [0.3, 0.4) is 0 Å². The van der Waals surface area contributed by atoms with Crippen molar-refractivity contribution in [2.75, 3.05) is 31.5 Å². The van der Waals surface area contributed by atoms with Gasteiger partial charge >= 0.3 is 5.97 Å². The molecule has 0 aliphatic carbocycles. The highest BCUT2D eigenvalue weighted by Crippen LogP contribution is 2.23. The van der Waals surface area contributed by atoms with Crippen LogP contribution in [0.1, 0.15) is 30.6 Å². The van der Waals surface area contributed by atoms with Crippen molar-refractivity contribution in [2.45, 2.75) is 20.3 Å². The van der Waals surface area contributed by atoms with Gasteiger partial charge in [0.2, 0.25) is 0 Å². The van der Waals surface area contributed by atoms with Crippen LogP contribution in [0.4, 0.5) is 11.4 Å². The van der Waals surface area contributed by atoms with E-state index in [1.165, 1.54) is 12.1 Å². The van der Waals surface area contributed by atoms with Gasteiger partial charge in [-0.05, 0) is 38.2 Å². The summed E-state index contributed by atoms with van der Waals surface area (Å²) in [5.74, 6) is -1.30. The molecule has 0 aliphatic heterocycles. The van der Waals surface area contributed by atoms with E-state index >= 15 is 0 Å². The Balaban J connectivity index is 2.62. The molecule has 2 N–H and O–H groups in total. The third kappa shape index (κ3) is 5.03. The zero-order valence-corrected chi connectivity index (χ0v) is 12.3. The number of carboxylic acid groups (broad SMARTS) is 1. The van der Waals surface area contributed by atoms with Gasteiger partial charge in [-0.15, -0.1) is 0 Å². The molecule has 0 unspecified atom stereocenters. The number of hydrogen-bond acceptors (Lipinski definition) is 5. The number of carbonyl (C=O) groups is 1. The molecule has 116 valence electrons. The van der Waals surface area contributed by atoms with Crippen LogP contribution in [0.2, 0.25) is 0 Å². The highest BCUT2D eigenvalue weighted by Gasteiger charge is 2.19. The third-order valence-corrected chi connectivity index (χ3v) is 3.30. The lowest BCUT2D eigenvalue weighted by Crippen LogP contribution is -2.25. The minimum Gasteiger partial charge on any atom is -0.477 e. The molecule has 0 saturated carbocycles. The number of nitro benzene ring substituents is 1. The van der Waals surface area contributed by atoms with Crippen molar-refractivity contribution in [1.29, 1.82) is 0 Å². The van der Waals surface area contributed by atoms with E-state index in [0.29, 0.717) is 12.2 Å². The summed E-state index contributed by atoms with van der Waals surface area (Å²) >= 11 is 0. The molecule has 1 aromatic rings. The molecule has 0 bridgehead atoms. The van der Waals surface area contributed by atoms with Gasteiger partial charge in [0.25, 0.3) is 5.69 Å². The first kappa shape index (κ1) is 16.9.